The van der Waals surface area contributed by atoms with E-state index in [4.69, 9.17) is 4.74 Å². The van der Waals surface area contributed by atoms with Gasteiger partial charge in [-0.25, -0.2) is 0 Å². The van der Waals surface area contributed by atoms with Crippen LogP contribution in [-0.4, -0.2) is 25.8 Å². The molecule has 100 valence electrons. The molecule has 1 heterocycles. The largest absolute Gasteiger partial charge is 0.378 e. The summed E-state index contributed by atoms with van der Waals surface area (Å²) in [6, 6.07) is 0. The van der Waals surface area contributed by atoms with Crippen LogP contribution in [0.5, 0.6) is 0 Å². The number of nitrogens with one attached hydrogen (secondary N) is 1. The lowest BCUT2D eigenvalue weighted by Crippen LogP contribution is -2.33. The molecule has 1 aliphatic heterocycles. The highest BCUT2D eigenvalue weighted by molar-refractivity contribution is 4.93. The maximum absolute atomic E-state index is 5.68. The first-order valence-corrected chi connectivity index (χ1v) is 7.01. The molecule has 17 heavy (non-hydrogen) atoms. The molecule has 1 fully saturated rings. The minimum absolute atomic E-state index is 0.209. The summed E-state index contributed by atoms with van der Waals surface area (Å²) < 4.78 is 5.68. The maximum atomic E-state index is 5.68. The summed E-state index contributed by atoms with van der Waals surface area (Å²) in [5.74, 6) is 0.710. The van der Waals surface area contributed by atoms with Gasteiger partial charge in [-0.15, -0.1) is 6.58 Å². The minimum atomic E-state index is 0.209. The van der Waals surface area contributed by atoms with E-state index in [-0.39, 0.29) is 5.41 Å². The third kappa shape index (κ3) is 5.69. The number of rotatable bonds is 8. The van der Waals surface area contributed by atoms with Crippen molar-refractivity contribution in [2.24, 2.45) is 11.3 Å². The Balaban J connectivity index is 2.25. The van der Waals surface area contributed by atoms with E-state index in [2.05, 4.69) is 38.7 Å². The number of hydrogen-bond acceptors (Lipinski definition) is 2. The lowest BCUT2D eigenvalue weighted by molar-refractivity contribution is 0.0942. The van der Waals surface area contributed by atoms with E-state index in [0.29, 0.717) is 12.0 Å². The van der Waals surface area contributed by atoms with Crippen LogP contribution in [0.1, 0.15) is 46.5 Å². The first kappa shape index (κ1) is 14.7. The predicted octanol–water partition coefficient (Wildman–Crippen LogP) is 3.38. The molecule has 0 radical (unpaired) electrons. The second kappa shape index (κ2) is 7.17. The summed E-state index contributed by atoms with van der Waals surface area (Å²) in [6.07, 6.45) is 7.43. The standard InChI is InChI=1S/C15H29NO/c1-5-15(4,12-16-11-13(2)3)9-8-14-7-6-10-17-14/h5,13-14,16H,1,6-12H2,2-4H3. The Labute approximate surface area is 107 Å². The molecule has 1 saturated heterocycles. The average molecular weight is 239 g/mol. The van der Waals surface area contributed by atoms with E-state index in [0.717, 1.165) is 19.7 Å². The van der Waals surface area contributed by atoms with Gasteiger partial charge in [-0.05, 0) is 43.6 Å². The van der Waals surface area contributed by atoms with Crippen molar-refractivity contribution in [3.05, 3.63) is 12.7 Å². The van der Waals surface area contributed by atoms with Crippen LogP contribution in [-0.2, 0) is 4.74 Å². The Kier molecular flexibility index (Phi) is 6.21. The molecule has 1 rings (SSSR count). The average Bonchev–Trinajstić information content (AvgIpc) is 2.79. The van der Waals surface area contributed by atoms with Crippen molar-refractivity contribution in [3.63, 3.8) is 0 Å². The topological polar surface area (TPSA) is 21.3 Å². The fourth-order valence-electron chi connectivity index (χ4n) is 2.27. The van der Waals surface area contributed by atoms with Gasteiger partial charge in [-0.1, -0.05) is 26.8 Å². The molecule has 2 nitrogen and oxygen atoms in total. The Morgan fingerprint density at radius 1 is 1.53 bits per heavy atom. The highest BCUT2D eigenvalue weighted by Gasteiger charge is 2.23. The van der Waals surface area contributed by atoms with Crippen LogP contribution in [0, 0.1) is 11.3 Å². The van der Waals surface area contributed by atoms with Crippen molar-refractivity contribution in [2.75, 3.05) is 19.7 Å². The summed E-state index contributed by atoms with van der Waals surface area (Å²) in [7, 11) is 0. The first-order chi connectivity index (χ1) is 8.06. The summed E-state index contributed by atoms with van der Waals surface area (Å²) in [5, 5.41) is 3.54. The van der Waals surface area contributed by atoms with Crippen molar-refractivity contribution in [3.8, 4) is 0 Å². The van der Waals surface area contributed by atoms with Crippen LogP contribution in [0.3, 0.4) is 0 Å². The van der Waals surface area contributed by atoms with E-state index < -0.39 is 0 Å². The quantitative estimate of drug-likeness (QED) is 0.656. The van der Waals surface area contributed by atoms with E-state index in [1.165, 1.54) is 25.7 Å². The molecule has 0 aromatic carbocycles. The SMILES string of the molecule is C=CC(C)(CCC1CCCO1)CNCC(C)C. The fourth-order valence-corrected chi connectivity index (χ4v) is 2.27. The normalized spacial score (nSPS) is 23.9. The second-order valence-corrected chi connectivity index (χ2v) is 6.06. The molecule has 0 aromatic rings. The molecule has 1 N–H and O–H groups in total. The zero-order valence-electron chi connectivity index (χ0n) is 11.8. The lowest BCUT2D eigenvalue weighted by atomic mass is 9.84. The molecule has 1 aliphatic rings. The molecule has 0 saturated carbocycles. The van der Waals surface area contributed by atoms with E-state index in [1.807, 2.05) is 0 Å². The van der Waals surface area contributed by atoms with E-state index in [1.54, 1.807) is 0 Å². The Hall–Kier alpha value is -0.340. The van der Waals surface area contributed by atoms with Gasteiger partial charge in [0.25, 0.3) is 0 Å². The van der Waals surface area contributed by atoms with Gasteiger partial charge in [0.05, 0.1) is 6.10 Å². The van der Waals surface area contributed by atoms with Gasteiger partial charge in [0.15, 0.2) is 0 Å². The lowest BCUT2D eigenvalue weighted by Gasteiger charge is -2.28. The Morgan fingerprint density at radius 2 is 2.29 bits per heavy atom. The predicted molar refractivity (Wildman–Crippen MR) is 74.2 cm³/mol. The van der Waals surface area contributed by atoms with E-state index in [9.17, 15) is 0 Å². The summed E-state index contributed by atoms with van der Waals surface area (Å²) >= 11 is 0. The highest BCUT2D eigenvalue weighted by Crippen LogP contribution is 2.28. The molecule has 0 aromatic heterocycles. The molecular weight excluding hydrogens is 210 g/mol. The molecule has 0 bridgehead atoms. The molecular formula is C15H29NO. The highest BCUT2D eigenvalue weighted by atomic mass is 16.5. The Bertz CT molecular complexity index is 221. The smallest absolute Gasteiger partial charge is 0.0576 e. The van der Waals surface area contributed by atoms with Crippen molar-refractivity contribution >= 4 is 0 Å². The van der Waals surface area contributed by atoms with Gasteiger partial charge in [-0.3, -0.25) is 0 Å². The molecule has 0 spiro atoms. The van der Waals surface area contributed by atoms with Crippen molar-refractivity contribution < 1.29 is 4.74 Å². The maximum Gasteiger partial charge on any atom is 0.0576 e. The van der Waals surface area contributed by atoms with Crippen LogP contribution in [0.4, 0.5) is 0 Å². The zero-order chi connectivity index (χ0) is 12.7. The third-order valence-corrected chi connectivity index (χ3v) is 3.64. The first-order valence-electron chi connectivity index (χ1n) is 7.01. The number of hydrogen-bond donors (Lipinski definition) is 1. The van der Waals surface area contributed by atoms with Gasteiger partial charge < -0.3 is 10.1 Å². The third-order valence-electron chi connectivity index (χ3n) is 3.64. The fraction of sp³-hybridized carbons (Fsp3) is 0.867. The Morgan fingerprint density at radius 3 is 2.82 bits per heavy atom. The number of ether oxygens (including phenoxy) is 1. The van der Waals surface area contributed by atoms with Gasteiger partial charge in [-0.2, -0.15) is 0 Å². The summed E-state index contributed by atoms with van der Waals surface area (Å²) in [4.78, 5) is 0. The molecule has 0 aliphatic carbocycles. The molecule has 2 atom stereocenters. The van der Waals surface area contributed by atoms with Crippen LogP contribution in [0.15, 0.2) is 12.7 Å². The molecule has 0 amide bonds. The molecule has 2 unspecified atom stereocenters. The monoisotopic (exact) mass is 239 g/mol. The van der Waals surface area contributed by atoms with Crippen molar-refractivity contribution in [1.82, 2.24) is 5.32 Å². The van der Waals surface area contributed by atoms with Crippen molar-refractivity contribution in [1.29, 1.82) is 0 Å². The molecule has 2 heteroatoms. The van der Waals surface area contributed by atoms with Crippen LogP contribution < -0.4 is 5.32 Å². The zero-order valence-corrected chi connectivity index (χ0v) is 11.8. The van der Waals surface area contributed by atoms with Crippen LogP contribution in [0.25, 0.3) is 0 Å². The van der Waals surface area contributed by atoms with Gasteiger partial charge in [0, 0.05) is 13.2 Å². The van der Waals surface area contributed by atoms with Gasteiger partial charge in [0.1, 0.15) is 0 Å². The van der Waals surface area contributed by atoms with Crippen molar-refractivity contribution in [2.45, 2.75) is 52.6 Å². The second-order valence-electron chi connectivity index (χ2n) is 6.06. The van der Waals surface area contributed by atoms with Gasteiger partial charge >= 0.3 is 0 Å². The summed E-state index contributed by atoms with van der Waals surface area (Å²) in [5.41, 5.74) is 0.209. The van der Waals surface area contributed by atoms with E-state index >= 15 is 0 Å². The van der Waals surface area contributed by atoms with Crippen LogP contribution >= 0.6 is 0 Å². The van der Waals surface area contributed by atoms with Crippen LogP contribution in [0.2, 0.25) is 0 Å². The minimum Gasteiger partial charge on any atom is -0.378 e. The van der Waals surface area contributed by atoms with Gasteiger partial charge in [0.2, 0.25) is 0 Å². The summed E-state index contributed by atoms with van der Waals surface area (Å²) in [6.45, 7) is 13.8.